The molecule has 0 radical (unpaired) electrons. The van der Waals surface area contributed by atoms with E-state index in [-0.39, 0.29) is 28.7 Å². The van der Waals surface area contributed by atoms with Gasteiger partial charge in [-0.15, -0.1) is 0 Å². The van der Waals surface area contributed by atoms with Gasteiger partial charge in [0.1, 0.15) is 0 Å². The molecule has 0 aliphatic carbocycles. The molecule has 0 aliphatic heterocycles. The van der Waals surface area contributed by atoms with E-state index in [0.717, 1.165) is 23.6 Å². The zero-order chi connectivity index (χ0) is 22.8. The highest BCUT2D eigenvalue weighted by Gasteiger charge is 2.34. The number of carboxylic acids is 1. The maximum absolute atomic E-state index is 13.9. The highest BCUT2D eigenvalue weighted by molar-refractivity contribution is 6.06. The largest absolute Gasteiger partial charge is 0.478 e. The van der Waals surface area contributed by atoms with Crippen LogP contribution in [0.1, 0.15) is 49.9 Å². The first kappa shape index (κ1) is 22.3. The van der Waals surface area contributed by atoms with Gasteiger partial charge in [-0.2, -0.15) is 13.2 Å². The van der Waals surface area contributed by atoms with Gasteiger partial charge in [0.2, 0.25) is 0 Å². The van der Waals surface area contributed by atoms with Gasteiger partial charge in [0.15, 0.2) is 5.78 Å². The van der Waals surface area contributed by atoms with Crippen molar-refractivity contribution < 1.29 is 27.9 Å². The van der Waals surface area contributed by atoms with Crippen LogP contribution in [0.5, 0.6) is 0 Å². The van der Waals surface area contributed by atoms with Gasteiger partial charge in [-0.1, -0.05) is 55.5 Å². The lowest BCUT2D eigenvalue weighted by Crippen LogP contribution is -2.12. The molecule has 0 saturated heterocycles. The van der Waals surface area contributed by atoms with Crippen LogP contribution in [0.2, 0.25) is 0 Å². The third kappa shape index (κ3) is 4.85. The number of alkyl halides is 3. The van der Waals surface area contributed by atoms with Crippen LogP contribution in [0.25, 0.3) is 11.1 Å². The van der Waals surface area contributed by atoms with E-state index in [2.05, 4.69) is 0 Å². The number of aromatic carboxylic acids is 1. The van der Waals surface area contributed by atoms with Crippen LogP contribution in [-0.4, -0.2) is 16.9 Å². The number of rotatable bonds is 6. The van der Waals surface area contributed by atoms with E-state index >= 15 is 0 Å². The van der Waals surface area contributed by atoms with Gasteiger partial charge in [-0.05, 0) is 53.3 Å². The minimum Gasteiger partial charge on any atom is -0.478 e. The number of hydrogen-bond donors (Lipinski definition) is 1. The Kier molecular flexibility index (Phi) is 6.29. The maximum Gasteiger partial charge on any atom is 0.417 e. The van der Waals surface area contributed by atoms with Crippen molar-refractivity contribution in [3.63, 3.8) is 0 Å². The van der Waals surface area contributed by atoms with Gasteiger partial charge in [0, 0.05) is 12.0 Å². The summed E-state index contributed by atoms with van der Waals surface area (Å²) in [5, 5.41) is 9.26. The van der Waals surface area contributed by atoms with Gasteiger partial charge in [0.25, 0.3) is 0 Å². The second-order valence-corrected chi connectivity index (χ2v) is 7.33. The fourth-order valence-electron chi connectivity index (χ4n) is 3.61. The van der Waals surface area contributed by atoms with Gasteiger partial charge in [0.05, 0.1) is 11.1 Å². The summed E-state index contributed by atoms with van der Waals surface area (Å²) in [6, 6.07) is 14.9. The van der Waals surface area contributed by atoms with E-state index in [1.807, 2.05) is 19.1 Å². The second-order valence-electron chi connectivity index (χ2n) is 7.33. The van der Waals surface area contributed by atoms with Crippen LogP contribution in [0.3, 0.4) is 0 Å². The monoisotopic (exact) mass is 426 g/mol. The van der Waals surface area contributed by atoms with Gasteiger partial charge < -0.3 is 5.11 Å². The number of carbonyl (C=O) groups is 2. The van der Waals surface area contributed by atoms with Crippen molar-refractivity contribution in [1.29, 1.82) is 0 Å². The molecular weight excluding hydrogens is 405 g/mol. The maximum atomic E-state index is 13.9. The summed E-state index contributed by atoms with van der Waals surface area (Å²) < 4.78 is 41.6. The molecule has 6 heteroatoms. The summed E-state index contributed by atoms with van der Waals surface area (Å²) in [5.74, 6) is -1.82. The third-order valence-corrected chi connectivity index (χ3v) is 5.20. The summed E-state index contributed by atoms with van der Waals surface area (Å²) >= 11 is 0. The average Bonchev–Trinajstić information content (AvgIpc) is 2.73. The highest BCUT2D eigenvalue weighted by Crippen LogP contribution is 2.39. The van der Waals surface area contributed by atoms with Crippen LogP contribution in [0.4, 0.5) is 13.2 Å². The molecule has 0 aromatic heterocycles. The summed E-state index contributed by atoms with van der Waals surface area (Å²) in [6.07, 6.45) is -4.16. The van der Waals surface area contributed by atoms with E-state index in [0.29, 0.717) is 5.56 Å². The zero-order valence-corrected chi connectivity index (χ0v) is 17.1. The normalized spacial score (nSPS) is 11.4. The van der Waals surface area contributed by atoms with Crippen molar-refractivity contribution >= 4 is 11.8 Å². The van der Waals surface area contributed by atoms with Crippen LogP contribution >= 0.6 is 0 Å². The lowest BCUT2D eigenvalue weighted by molar-refractivity contribution is -0.137. The molecule has 0 heterocycles. The molecule has 0 saturated carbocycles. The lowest BCUT2D eigenvalue weighted by atomic mass is 9.91. The first-order valence-corrected chi connectivity index (χ1v) is 9.77. The number of Topliss-reactive ketones (excluding diaryl/α,β-unsaturated/α-hetero) is 1. The Morgan fingerprint density at radius 1 is 0.871 bits per heavy atom. The van der Waals surface area contributed by atoms with E-state index in [1.165, 1.54) is 36.4 Å². The predicted octanol–water partition coefficient (Wildman–Crippen LogP) is 6.37. The fraction of sp³-hybridized carbons (Fsp3) is 0.200. The number of carbonyl (C=O) groups excluding carboxylic acids is 1. The van der Waals surface area contributed by atoms with Gasteiger partial charge >= 0.3 is 12.1 Å². The molecule has 0 spiro atoms. The Bertz CT molecular complexity index is 1150. The van der Waals surface area contributed by atoms with Crippen molar-refractivity contribution in [2.45, 2.75) is 32.9 Å². The fourth-order valence-corrected chi connectivity index (χ4v) is 3.61. The SMILES string of the molecule is CCc1ccc(-c2ccc(CC(=O)c3ccccc3C(=O)O)cc2C(F)(F)F)c(C)c1. The number of benzene rings is 3. The molecule has 31 heavy (non-hydrogen) atoms. The summed E-state index contributed by atoms with van der Waals surface area (Å²) in [4.78, 5) is 24.0. The van der Waals surface area contributed by atoms with Crippen LogP contribution in [0.15, 0.2) is 60.7 Å². The molecule has 3 nitrogen and oxygen atoms in total. The van der Waals surface area contributed by atoms with Crippen molar-refractivity contribution in [3.05, 3.63) is 94.0 Å². The Hall–Kier alpha value is -3.41. The first-order chi connectivity index (χ1) is 14.6. The minimum absolute atomic E-state index is 0.0290. The summed E-state index contributed by atoms with van der Waals surface area (Å²) in [7, 11) is 0. The lowest BCUT2D eigenvalue weighted by Gasteiger charge is -2.17. The van der Waals surface area contributed by atoms with Crippen molar-refractivity contribution in [3.8, 4) is 11.1 Å². The summed E-state index contributed by atoms with van der Waals surface area (Å²) in [6.45, 7) is 3.75. The second kappa shape index (κ2) is 8.76. The van der Waals surface area contributed by atoms with Crippen LogP contribution in [-0.2, 0) is 19.0 Å². The van der Waals surface area contributed by atoms with Crippen LogP contribution < -0.4 is 0 Å². The number of hydrogen-bond acceptors (Lipinski definition) is 2. The van der Waals surface area contributed by atoms with Gasteiger partial charge in [-0.3, -0.25) is 4.79 Å². The van der Waals surface area contributed by atoms with E-state index in [4.69, 9.17) is 0 Å². The number of aryl methyl sites for hydroxylation is 2. The van der Waals surface area contributed by atoms with Gasteiger partial charge in [-0.25, -0.2) is 4.79 Å². The Labute approximate surface area is 178 Å². The summed E-state index contributed by atoms with van der Waals surface area (Å²) in [5.41, 5.74) is 1.46. The Morgan fingerprint density at radius 2 is 1.48 bits per heavy atom. The molecule has 1 N–H and O–H groups in total. The minimum atomic E-state index is -4.61. The molecule has 0 amide bonds. The highest BCUT2D eigenvalue weighted by atomic mass is 19.4. The van der Waals surface area contributed by atoms with Crippen molar-refractivity contribution in [1.82, 2.24) is 0 Å². The molecule has 3 aromatic carbocycles. The van der Waals surface area contributed by atoms with E-state index in [9.17, 15) is 27.9 Å². The molecule has 3 rings (SSSR count). The predicted molar refractivity (Wildman–Crippen MR) is 112 cm³/mol. The molecule has 160 valence electrons. The number of halogens is 3. The van der Waals surface area contributed by atoms with E-state index in [1.54, 1.807) is 13.0 Å². The first-order valence-electron chi connectivity index (χ1n) is 9.77. The number of ketones is 1. The third-order valence-electron chi connectivity index (χ3n) is 5.20. The van der Waals surface area contributed by atoms with E-state index < -0.39 is 23.5 Å². The van der Waals surface area contributed by atoms with Crippen LogP contribution in [0, 0.1) is 6.92 Å². The molecule has 0 atom stereocenters. The molecule has 0 bridgehead atoms. The molecule has 0 unspecified atom stereocenters. The standard InChI is InChI=1S/C25H21F3O3/c1-3-16-8-10-18(15(2)12-16)19-11-9-17(13-22(19)25(26,27)28)14-23(29)20-6-4-5-7-21(20)24(30)31/h4-13H,3,14H2,1-2H3,(H,30,31). The zero-order valence-electron chi connectivity index (χ0n) is 17.1. The quantitative estimate of drug-likeness (QED) is 0.466. The van der Waals surface area contributed by atoms with Crippen molar-refractivity contribution in [2.75, 3.05) is 0 Å². The average molecular weight is 426 g/mol. The molecule has 3 aromatic rings. The Balaban J connectivity index is 2.02. The molecular formula is C25H21F3O3. The molecule has 0 fully saturated rings. The van der Waals surface area contributed by atoms with Crippen molar-refractivity contribution in [2.24, 2.45) is 0 Å². The molecule has 0 aliphatic rings. The topological polar surface area (TPSA) is 54.4 Å². The number of carboxylic acid groups (broad SMARTS) is 1. The smallest absolute Gasteiger partial charge is 0.417 e. The Morgan fingerprint density at radius 3 is 2.06 bits per heavy atom.